The van der Waals surface area contributed by atoms with Gasteiger partial charge in [-0.1, -0.05) is 20.8 Å². The summed E-state index contributed by atoms with van der Waals surface area (Å²) in [5.74, 6) is -0.149. The normalized spacial score (nSPS) is 10.5. The second kappa shape index (κ2) is 6.45. The van der Waals surface area contributed by atoms with Crippen LogP contribution in [0.2, 0.25) is 0 Å². The zero-order valence-corrected chi connectivity index (χ0v) is 11.3. The maximum Gasteiger partial charge on any atom is 0.269 e. The number of halogens is 1. The second-order valence-electron chi connectivity index (χ2n) is 5.04. The molecule has 0 unspecified atom stereocenters. The minimum absolute atomic E-state index is 0. The fourth-order valence-electron chi connectivity index (χ4n) is 1.18. The molecule has 1 amide bonds. The van der Waals surface area contributed by atoms with Crippen molar-refractivity contribution < 1.29 is 4.79 Å². The smallest absolute Gasteiger partial charge is 0.269 e. The SMILES string of the molecule is CC(C)(C)CCNC(=O)c1ccc(N)cn1.Cl. The molecule has 1 aromatic rings. The number of carbonyl (C=O) groups is 1. The zero-order valence-electron chi connectivity index (χ0n) is 10.5. The summed E-state index contributed by atoms with van der Waals surface area (Å²) in [5.41, 5.74) is 6.68. The number of nitrogen functional groups attached to an aromatic ring is 1. The van der Waals surface area contributed by atoms with Gasteiger partial charge >= 0.3 is 0 Å². The Kier molecular flexibility index (Phi) is 5.96. The number of nitrogens with one attached hydrogen (secondary N) is 1. The first-order valence-electron chi connectivity index (χ1n) is 5.38. The van der Waals surface area contributed by atoms with Crippen LogP contribution in [0.15, 0.2) is 18.3 Å². The van der Waals surface area contributed by atoms with E-state index in [4.69, 9.17) is 5.73 Å². The third kappa shape index (κ3) is 6.12. The fourth-order valence-corrected chi connectivity index (χ4v) is 1.18. The van der Waals surface area contributed by atoms with Gasteiger partial charge in [-0.25, -0.2) is 4.98 Å². The summed E-state index contributed by atoms with van der Waals surface area (Å²) in [6, 6.07) is 3.30. The van der Waals surface area contributed by atoms with Crippen LogP contribution in [0.1, 0.15) is 37.7 Å². The van der Waals surface area contributed by atoms with Crippen molar-refractivity contribution in [3.05, 3.63) is 24.0 Å². The van der Waals surface area contributed by atoms with E-state index in [9.17, 15) is 4.79 Å². The van der Waals surface area contributed by atoms with E-state index < -0.39 is 0 Å². The number of nitrogens with zero attached hydrogens (tertiary/aromatic N) is 1. The summed E-state index contributed by atoms with van der Waals surface area (Å²) < 4.78 is 0. The minimum Gasteiger partial charge on any atom is -0.397 e. The van der Waals surface area contributed by atoms with E-state index in [2.05, 4.69) is 31.1 Å². The van der Waals surface area contributed by atoms with E-state index in [1.54, 1.807) is 12.1 Å². The monoisotopic (exact) mass is 257 g/mol. The predicted molar refractivity (Wildman–Crippen MR) is 72.3 cm³/mol. The van der Waals surface area contributed by atoms with Gasteiger partial charge in [0.15, 0.2) is 0 Å². The van der Waals surface area contributed by atoms with Crippen molar-refractivity contribution in [1.29, 1.82) is 0 Å². The number of amides is 1. The Balaban J connectivity index is 0.00000256. The average Bonchev–Trinajstić information content (AvgIpc) is 2.16. The Morgan fingerprint density at radius 1 is 1.41 bits per heavy atom. The quantitative estimate of drug-likeness (QED) is 0.873. The molecule has 5 heteroatoms. The highest BCUT2D eigenvalue weighted by molar-refractivity contribution is 5.92. The van der Waals surface area contributed by atoms with E-state index in [1.807, 2.05) is 0 Å². The molecular weight excluding hydrogens is 238 g/mol. The van der Waals surface area contributed by atoms with Crippen LogP contribution in [0.5, 0.6) is 0 Å². The summed E-state index contributed by atoms with van der Waals surface area (Å²) in [5, 5.41) is 2.83. The van der Waals surface area contributed by atoms with Crippen LogP contribution >= 0.6 is 12.4 Å². The number of aromatic nitrogens is 1. The van der Waals surface area contributed by atoms with Crippen LogP contribution in [0.3, 0.4) is 0 Å². The second-order valence-corrected chi connectivity index (χ2v) is 5.04. The maximum atomic E-state index is 11.6. The van der Waals surface area contributed by atoms with Crippen molar-refractivity contribution in [3.8, 4) is 0 Å². The molecule has 0 saturated carbocycles. The fraction of sp³-hybridized carbons (Fsp3) is 0.500. The number of anilines is 1. The molecule has 0 aliphatic carbocycles. The van der Waals surface area contributed by atoms with Gasteiger partial charge in [-0.3, -0.25) is 4.79 Å². The minimum atomic E-state index is -0.149. The Morgan fingerprint density at radius 2 is 2.06 bits per heavy atom. The number of pyridine rings is 1. The average molecular weight is 258 g/mol. The summed E-state index contributed by atoms with van der Waals surface area (Å²) >= 11 is 0. The molecule has 0 fully saturated rings. The summed E-state index contributed by atoms with van der Waals surface area (Å²) in [7, 11) is 0. The molecule has 0 aliphatic rings. The van der Waals surface area contributed by atoms with E-state index in [1.165, 1.54) is 6.20 Å². The molecule has 1 rings (SSSR count). The molecule has 0 saturated heterocycles. The molecular formula is C12H20ClN3O. The van der Waals surface area contributed by atoms with Crippen molar-refractivity contribution in [2.24, 2.45) is 5.41 Å². The van der Waals surface area contributed by atoms with Gasteiger partial charge in [0.25, 0.3) is 5.91 Å². The molecule has 0 atom stereocenters. The molecule has 96 valence electrons. The van der Waals surface area contributed by atoms with Gasteiger partial charge in [0.1, 0.15) is 5.69 Å². The lowest BCUT2D eigenvalue weighted by molar-refractivity contribution is 0.0944. The molecule has 0 aliphatic heterocycles. The molecule has 17 heavy (non-hydrogen) atoms. The highest BCUT2D eigenvalue weighted by atomic mass is 35.5. The molecule has 0 aromatic carbocycles. The Hall–Kier alpha value is -1.29. The molecule has 3 N–H and O–H groups in total. The van der Waals surface area contributed by atoms with Gasteiger partial charge in [-0.05, 0) is 24.0 Å². The highest BCUT2D eigenvalue weighted by Crippen LogP contribution is 2.16. The first-order chi connectivity index (χ1) is 7.38. The van der Waals surface area contributed by atoms with Gasteiger partial charge < -0.3 is 11.1 Å². The third-order valence-electron chi connectivity index (χ3n) is 2.18. The van der Waals surface area contributed by atoms with Gasteiger partial charge in [0.2, 0.25) is 0 Å². The summed E-state index contributed by atoms with van der Waals surface area (Å²) in [6.45, 7) is 7.08. The topological polar surface area (TPSA) is 68.0 Å². The van der Waals surface area contributed by atoms with Crippen LogP contribution in [0, 0.1) is 5.41 Å². The van der Waals surface area contributed by atoms with E-state index in [0.29, 0.717) is 17.9 Å². The van der Waals surface area contributed by atoms with Crippen molar-refractivity contribution >= 4 is 24.0 Å². The summed E-state index contributed by atoms with van der Waals surface area (Å²) in [4.78, 5) is 15.6. The standard InChI is InChI=1S/C12H19N3O.ClH/c1-12(2,3)6-7-14-11(16)10-5-4-9(13)8-15-10;/h4-5,8H,6-7,13H2,1-3H3,(H,14,16);1H. The molecule has 1 heterocycles. The van der Waals surface area contributed by atoms with Crippen molar-refractivity contribution in [3.63, 3.8) is 0 Å². The first kappa shape index (κ1) is 15.7. The van der Waals surface area contributed by atoms with Crippen LogP contribution < -0.4 is 11.1 Å². The van der Waals surface area contributed by atoms with Crippen molar-refractivity contribution in [2.75, 3.05) is 12.3 Å². The molecule has 0 bridgehead atoms. The summed E-state index contributed by atoms with van der Waals surface area (Å²) in [6.07, 6.45) is 2.42. The van der Waals surface area contributed by atoms with Crippen LogP contribution in [0.25, 0.3) is 0 Å². The molecule has 0 spiro atoms. The van der Waals surface area contributed by atoms with Crippen LogP contribution in [-0.4, -0.2) is 17.4 Å². The Morgan fingerprint density at radius 3 is 2.53 bits per heavy atom. The van der Waals surface area contributed by atoms with E-state index in [0.717, 1.165) is 6.42 Å². The Bertz CT molecular complexity index is 357. The third-order valence-corrected chi connectivity index (χ3v) is 2.18. The Labute approximate surface area is 108 Å². The van der Waals surface area contributed by atoms with Crippen LogP contribution in [-0.2, 0) is 0 Å². The maximum absolute atomic E-state index is 11.6. The number of hydrogen-bond donors (Lipinski definition) is 2. The van der Waals surface area contributed by atoms with Gasteiger partial charge in [-0.15, -0.1) is 12.4 Å². The lowest BCUT2D eigenvalue weighted by Gasteiger charge is -2.17. The van der Waals surface area contributed by atoms with Crippen LogP contribution in [0.4, 0.5) is 5.69 Å². The number of nitrogens with two attached hydrogens (primary N) is 1. The van der Waals surface area contributed by atoms with E-state index >= 15 is 0 Å². The highest BCUT2D eigenvalue weighted by Gasteiger charge is 2.11. The van der Waals surface area contributed by atoms with Gasteiger partial charge in [-0.2, -0.15) is 0 Å². The lowest BCUT2D eigenvalue weighted by Crippen LogP contribution is -2.27. The van der Waals surface area contributed by atoms with Gasteiger partial charge in [0.05, 0.1) is 11.9 Å². The first-order valence-corrected chi connectivity index (χ1v) is 5.38. The largest absolute Gasteiger partial charge is 0.397 e. The van der Waals surface area contributed by atoms with Crippen molar-refractivity contribution in [1.82, 2.24) is 10.3 Å². The number of hydrogen-bond acceptors (Lipinski definition) is 3. The van der Waals surface area contributed by atoms with E-state index in [-0.39, 0.29) is 23.7 Å². The van der Waals surface area contributed by atoms with Crippen molar-refractivity contribution in [2.45, 2.75) is 27.2 Å². The predicted octanol–water partition coefficient (Wildman–Crippen LogP) is 2.25. The molecule has 4 nitrogen and oxygen atoms in total. The lowest BCUT2D eigenvalue weighted by atomic mass is 9.92. The zero-order chi connectivity index (χ0) is 12.2. The molecule has 1 aromatic heterocycles. The number of rotatable bonds is 3. The molecule has 0 radical (unpaired) electrons. The number of carbonyl (C=O) groups excluding carboxylic acids is 1. The van der Waals surface area contributed by atoms with Gasteiger partial charge in [0, 0.05) is 6.54 Å².